The van der Waals surface area contributed by atoms with E-state index in [-0.39, 0.29) is 12.1 Å². The third-order valence-electron chi connectivity index (χ3n) is 2.29. The van der Waals surface area contributed by atoms with Crippen LogP contribution in [0.2, 0.25) is 0 Å². The molecule has 0 radical (unpaired) electrons. The van der Waals surface area contributed by atoms with E-state index in [0.29, 0.717) is 5.56 Å². The largest absolute Gasteiger partial charge is 0.459 e. The number of hydrogen-bond donors (Lipinski definition) is 2. The number of rotatable bonds is 2. The van der Waals surface area contributed by atoms with E-state index < -0.39 is 0 Å². The van der Waals surface area contributed by atoms with Gasteiger partial charge in [0, 0.05) is 6.20 Å². The summed E-state index contributed by atoms with van der Waals surface area (Å²) in [5.41, 5.74) is 0.489. The van der Waals surface area contributed by atoms with Gasteiger partial charge in [0.15, 0.2) is 0 Å². The first kappa shape index (κ1) is 9.21. The van der Waals surface area contributed by atoms with E-state index in [9.17, 15) is 4.79 Å². The van der Waals surface area contributed by atoms with E-state index >= 15 is 0 Å². The molecule has 14 heavy (non-hydrogen) atoms. The molecule has 0 aliphatic carbocycles. The standard InChI is InChI=1S/C9H13N3O2/c13-9(7-5-11-12-6-7)14-8-1-3-10-4-2-8/h5-6,8,10H,1-4H2,(H,11,12). The van der Waals surface area contributed by atoms with Crippen molar-refractivity contribution < 1.29 is 9.53 Å². The van der Waals surface area contributed by atoms with Crippen molar-refractivity contribution in [3.05, 3.63) is 18.0 Å². The van der Waals surface area contributed by atoms with E-state index in [4.69, 9.17) is 4.74 Å². The summed E-state index contributed by atoms with van der Waals surface area (Å²) in [4.78, 5) is 11.5. The molecule has 1 fully saturated rings. The molecule has 76 valence electrons. The SMILES string of the molecule is O=C(OC1CCNCC1)c1cn[nH]c1. The van der Waals surface area contributed by atoms with Crippen LogP contribution in [-0.2, 0) is 4.74 Å². The van der Waals surface area contributed by atoms with Gasteiger partial charge in [0.2, 0.25) is 0 Å². The summed E-state index contributed by atoms with van der Waals surface area (Å²) in [6, 6.07) is 0. The van der Waals surface area contributed by atoms with Crippen molar-refractivity contribution in [2.75, 3.05) is 13.1 Å². The first-order chi connectivity index (χ1) is 6.86. The second kappa shape index (κ2) is 4.23. The van der Waals surface area contributed by atoms with E-state index in [1.54, 1.807) is 6.20 Å². The van der Waals surface area contributed by atoms with Gasteiger partial charge < -0.3 is 10.1 Å². The first-order valence-corrected chi connectivity index (χ1v) is 4.77. The number of ether oxygens (including phenoxy) is 1. The number of carbonyl (C=O) groups is 1. The molecule has 1 aromatic rings. The summed E-state index contributed by atoms with van der Waals surface area (Å²) >= 11 is 0. The molecule has 5 nitrogen and oxygen atoms in total. The van der Waals surface area contributed by atoms with Gasteiger partial charge in [0.25, 0.3) is 0 Å². The second-order valence-corrected chi connectivity index (χ2v) is 3.34. The lowest BCUT2D eigenvalue weighted by molar-refractivity contribution is 0.0230. The lowest BCUT2D eigenvalue weighted by atomic mass is 10.1. The van der Waals surface area contributed by atoms with Crippen LogP contribution < -0.4 is 5.32 Å². The molecular weight excluding hydrogens is 182 g/mol. The first-order valence-electron chi connectivity index (χ1n) is 4.77. The quantitative estimate of drug-likeness (QED) is 0.667. The maximum Gasteiger partial charge on any atom is 0.341 e. The van der Waals surface area contributed by atoms with Crippen LogP contribution in [0.15, 0.2) is 12.4 Å². The summed E-state index contributed by atoms with van der Waals surface area (Å²) in [7, 11) is 0. The second-order valence-electron chi connectivity index (χ2n) is 3.34. The Balaban J connectivity index is 1.87. The van der Waals surface area contributed by atoms with Crippen molar-refractivity contribution in [2.45, 2.75) is 18.9 Å². The normalized spacial score (nSPS) is 18.0. The van der Waals surface area contributed by atoms with Gasteiger partial charge in [-0.25, -0.2) is 4.79 Å². The molecule has 0 unspecified atom stereocenters. The number of hydrogen-bond acceptors (Lipinski definition) is 4. The lowest BCUT2D eigenvalue weighted by Gasteiger charge is -2.22. The van der Waals surface area contributed by atoms with Gasteiger partial charge in [-0.1, -0.05) is 0 Å². The third kappa shape index (κ3) is 2.11. The Morgan fingerprint density at radius 2 is 2.29 bits per heavy atom. The Labute approximate surface area is 81.8 Å². The Hall–Kier alpha value is -1.36. The molecule has 0 atom stereocenters. The van der Waals surface area contributed by atoms with Crippen molar-refractivity contribution in [1.29, 1.82) is 0 Å². The molecule has 1 aromatic heterocycles. The van der Waals surface area contributed by atoms with Crippen LogP contribution in [0.1, 0.15) is 23.2 Å². The molecule has 1 aliphatic rings. The van der Waals surface area contributed by atoms with Gasteiger partial charge >= 0.3 is 5.97 Å². The number of nitrogens with one attached hydrogen (secondary N) is 2. The fourth-order valence-corrected chi connectivity index (χ4v) is 1.50. The van der Waals surface area contributed by atoms with Gasteiger partial charge in [-0.2, -0.15) is 5.10 Å². The van der Waals surface area contributed by atoms with Crippen LogP contribution in [0.3, 0.4) is 0 Å². The average molecular weight is 195 g/mol. The fourth-order valence-electron chi connectivity index (χ4n) is 1.50. The zero-order valence-electron chi connectivity index (χ0n) is 7.82. The number of piperidine rings is 1. The van der Waals surface area contributed by atoms with Crippen molar-refractivity contribution in [3.8, 4) is 0 Å². The zero-order valence-corrected chi connectivity index (χ0v) is 7.82. The van der Waals surface area contributed by atoms with Crippen molar-refractivity contribution in [1.82, 2.24) is 15.5 Å². The van der Waals surface area contributed by atoms with Gasteiger partial charge in [0.05, 0.1) is 11.8 Å². The minimum atomic E-state index is -0.286. The van der Waals surface area contributed by atoms with Gasteiger partial charge in [-0.15, -0.1) is 0 Å². The minimum Gasteiger partial charge on any atom is -0.459 e. The van der Waals surface area contributed by atoms with Crippen LogP contribution in [0.5, 0.6) is 0 Å². The number of carbonyl (C=O) groups excluding carboxylic acids is 1. The molecule has 0 amide bonds. The molecule has 0 aromatic carbocycles. The van der Waals surface area contributed by atoms with Crippen LogP contribution >= 0.6 is 0 Å². The molecule has 0 spiro atoms. The number of H-pyrrole nitrogens is 1. The van der Waals surface area contributed by atoms with Crippen LogP contribution in [-0.4, -0.2) is 35.4 Å². The highest BCUT2D eigenvalue weighted by molar-refractivity contribution is 5.88. The molecule has 1 aliphatic heterocycles. The molecule has 1 saturated heterocycles. The van der Waals surface area contributed by atoms with E-state index in [1.807, 2.05) is 0 Å². The number of aromatic amines is 1. The maximum atomic E-state index is 11.5. The molecule has 5 heteroatoms. The van der Waals surface area contributed by atoms with Gasteiger partial charge in [-0.3, -0.25) is 5.10 Å². The van der Waals surface area contributed by atoms with Gasteiger partial charge in [0.1, 0.15) is 6.10 Å². The lowest BCUT2D eigenvalue weighted by Crippen LogP contribution is -2.33. The van der Waals surface area contributed by atoms with Crippen LogP contribution in [0.4, 0.5) is 0 Å². The summed E-state index contributed by atoms with van der Waals surface area (Å²) in [5, 5.41) is 9.50. The Bertz CT molecular complexity index is 291. The molecule has 2 N–H and O–H groups in total. The highest BCUT2D eigenvalue weighted by atomic mass is 16.5. The maximum absolute atomic E-state index is 11.5. The van der Waals surface area contributed by atoms with Crippen molar-refractivity contribution >= 4 is 5.97 Å². The third-order valence-corrected chi connectivity index (χ3v) is 2.29. The average Bonchev–Trinajstić information content (AvgIpc) is 2.72. The number of nitrogens with zero attached hydrogens (tertiary/aromatic N) is 1. The topological polar surface area (TPSA) is 67.0 Å². The predicted octanol–water partition coefficient (Wildman–Crippen LogP) is 0.318. The molecule has 2 heterocycles. The zero-order chi connectivity index (χ0) is 9.80. The Morgan fingerprint density at radius 3 is 2.93 bits per heavy atom. The molecule has 0 bridgehead atoms. The number of aromatic nitrogens is 2. The van der Waals surface area contributed by atoms with E-state index in [0.717, 1.165) is 25.9 Å². The van der Waals surface area contributed by atoms with E-state index in [2.05, 4.69) is 15.5 Å². The monoisotopic (exact) mass is 195 g/mol. The van der Waals surface area contributed by atoms with Crippen molar-refractivity contribution in [2.24, 2.45) is 0 Å². The Morgan fingerprint density at radius 1 is 1.50 bits per heavy atom. The van der Waals surface area contributed by atoms with E-state index in [1.165, 1.54) is 6.20 Å². The van der Waals surface area contributed by atoms with Crippen LogP contribution in [0.25, 0.3) is 0 Å². The molecule has 2 rings (SSSR count). The summed E-state index contributed by atoms with van der Waals surface area (Å²) in [6.45, 7) is 1.84. The van der Waals surface area contributed by atoms with Crippen molar-refractivity contribution in [3.63, 3.8) is 0 Å². The molecular formula is C9H13N3O2. The summed E-state index contributed by atoms with van der Waals surface area (Å²) in [6.07, 6.45) is 4.86. The smallest absolute Gasteiger partial charge is 0.341 e. The summed E-state index contributed by atoms with van der Waals surface area (Å²) in [5.74, 6) is -0.286. The highest BCUT2D eigenvalue weighted by Gasteiger charge is 2.18. The minimum absolute atomic E-state index is 0.0543. The van der Waals surface area contributed by atoms with Crippen LogP contribution in [0, 0.1) is 0 Å². The summed E-state index contributed by atoms with van der Waals surface area (Å²) < 4.78 is 5.30. The highest BCUT2D eigenvalue weighted by Crippen LogP contribution is 2.10. The predicted molar refractivity (Wildman–Crippen MR) is 49.9 cm³/mol. The Kier molecular flexibility index (Phi) is 2.78. The fraction of sp³-hybridized carbons (Fsp3) is 0.556. The number of esters is 1. The van der Waals surface area contributed by atoms with Gasteiger partial charge in [-0.05, 0) is 25.9 Å². The molecule has 0 saturated carbocycles.